The van der Waals surface area contributed by atoms with Crippen molar-refractivity contribution in [3.05, 3.63) is 54.1 Å². The van der Waals surface area contributed by atoms with Gasteiger partial charge in [-0.15, -0.1) is 0 Å². The van der Waals surface area contributed by atoms with Gasteiger partial charge in [0.2, 0.25) is 0 Å². The molecule has 2 aromatic rings. The van der Waals surface area contributed by atoms with Crippen LogP contribution in [0.1, 0.15) is 5.56 Å². The molecule has 0 atom stereocenters. The summed E-state index contributed by atoms with van der Waals surface area (Å²) in [7, 11) is 0. The predicted molar refractivity (Wildman–Crippen MR) is 59.8 cm³/mol. The van der Waals surface area contributed by atoms with E-state index < -0.39 is 0 Å². The van der Waals surface area contributed by atoms with Crippen LogP contribution < -0.4 is 0 Å². The van der Waals surface area contributed by atoms with E-state index in [0.717, 1.165) is 0 Å². The highest BCUT2D eigenvalue weighted by molar-refractivity contribution is 6.30. The van der Waals surface area contributed by atoms with Gasteiger partial charge in [-0.25, -0.2) is 4.98 Å². The third kappa shape index (κ3) is 1.87. The van der Waals surface area contributed by atoms with E-state index in [1.807, 2.05) is 0 Å². The normalized spacial score (nSPS) is 10.2. The van der Waals surface area contributed by atoms with Crippen LogP contribution in [0.3, 0.4) is 0 Å². The van der Waals surface area contributed by atoms with E-state index in [9.17, 15) is 5.11 Å². The Balaban J connectivity index is 2.42. The molecule has 0 aliphatic carbocycles. The van der Waals surface area contributed by atoms with E-state index in [0.29, 0.717) is 16.3 Å². The number of aromatic nitrogens is 2. The molecule has 1 N–H and O–H groups in total. The number of halogens is 1. The molecule has 0 radical (unpaired) electrons. The number of imidazole rings is 1. The summed E-state index contributed by atoms with van der Waals surface area (Å²) in [6, 6.07) is 4.91. The lowest BCUT2D eigenvalue weighted by molar-refractivity contribution is 0.473. The minimum atomic E-state index is 0.112. The molecule has 0 unspecified atom stereocenters. The number of rotatable bonds is 2. The van der Waals surface area contributed by atoms with Gasteiger partial charge in [0.15, 0.2) is 0 Å². The second kappa shape index (κ2) is 3.79. The zero-order valence-electron chi connectivity index (χ0n) is 7.89. The van der Waals surface area contributed by atoms with Gasteiger partial charge in [-0.1, -0.05) is 18.2 Å². The SMILES string of the molecule is C=C(c1ccc(Cl)cc1O)n1ccnc1. The Hall–Kier alpha value is -1.74. The molecule has 15 heavy (non-hydrogen) atoms. The molecule has 1 aromatic carbocycles. The van der Waals surface area contributed by atoms with Crippen LogP contribution in [0, 0.1) is 0 Å². The first-order chi connectivity index (χ1) is 7.18. The standard InChI is InChI=1S/C11H9ClN2O/c1-8(14-5-4-13-7-14)10-3-2-9(12)6-11(10)15/h2-7,15H,1H2. The van der Waals surface area contributed by atoms with E-state index in [1.54, 1.807) is 35.4 Å². The van der Waals surface area contributed by atoms with E-state index in [1.165, 1.54) is 6.07 Å². The quantitative estimate of drug-likeness (QED) is 0.845. The molecule has 4 heteroatoms. The van der Waals surface area contributed by atoms with Crippen molar-refractivity contribution in [1.29, 1.82) is 0 Å². The van der Waals surface area contributed by atoms with Gasteiger partial charge in [-0.3, -0.25) is 0 Å². The fraction of sp³-hybridized carbons (Fsp3) is 0. The summed E-state index contributed by atoms with van der Waals surface area (Å²) in [6.45, 7) is 3.88. The average molecular weight is 221 g/mol. The summed E-state index contributed by atoms with van der Waals surface area (Å²) in [4.78, 5) is 3.91. The van der Waals surface area contributed by atoms with Gasteiger partial charge in [0.25, 0.3) is 0 Å². The van der Waals surface area contributed by atoms with Crippen molar-refractivity contribution in [3.63, 3.8) is 0 Å². The minimum absolute atomic E-state index is 0.112. The van der Waals surface area contributed by atoms with Crippen molar-refractivity contribution < 1.29 is 5.11 Å². The third-order valence-corrected chi connectivity index (χ3v) is 2.32. The highest BCUT2D eigenvalue weighted by Gasteiger charge is 2.06. The van der Waals surface area contributed by atoms with Gasteiger partial charge in [0, 0.05) is 23.0 Å². The van der Waals surface area contributed by atoms with Gasteiger partial charge in [-0.2, -0.15) is 0 Å². The fourth-order valence-electron chi connectivity index (χ4n) is 1.31. The van der Waals surface area contributed by atoms with E-state index in [4.69, 9.17) is 11.6 Å². The van der Waals surface area contributed by atoms with Crippen LogP contribution in [-0.4, -0.2) is 14.7 Å². The lowest BCUT2D eigenvalue weighted by Gasteiger charge is -2.08. The maximum absolute atomic E-state index is 9.68. The molecule has 0 spiro atoms. The Bertz CT molecular complexity index is 491. The Morgan fingerprint density at radius 2 is 2.27 bits per heavy atom. The first-order valence-electron chi connectivity index (χ1n) is 4.34. The molecule has 0 bridgehead atoms. The molecule has 1 heterocycles. The van der Waals surface area contributed by atoms with Crippen molar-refractivity contribution >= 4 is 17.3 Å². The van der Waals surface area contributed by atoms with Crippen LogP contribution in [0.25, 0.3) is 5.70 Å². The maximum atomic E-state index is 9.68. The Morgan fingerprint density at radius 3 is 2.87 bits per heavy atom. The molecule has 1 aromatic heterocycles. The molecule has 3 nitrogen and oxygen atoms in total. The molecule has 0 saturated carbocycles. The van der Waals surface area contributed by atoms with E-state index in [2.05, 4.69) is 11.6 Å². The summed E-state index contributed by atoms with van der Waals surface area (Å²) < 4.78 is 1.73. The van der Waals surface area contributed by atoms with Gasteiger partial charge < -0.3 is 9.67 Å². The Labute approximate surface area is 92.3 Å². The van der Waals surface area contributed by atoms with Crippen LogP contribution in [0.4, 0.5) is 0 Å². The zero-order valence-corrected chi connectivity index (χ0v) is 8.65. The lowest BCUT2D eigenvalue weighted by Crippen LogP contribution is -1.94. The van der Waals surface area contributed by atoms with Crippen LogP contribution >= 0.6 is 11.6 Å². The fourth-order valence-corrected chi connectivity index (χ4v) is 1.47. The number of phenolic OH excluding ortho intramolecular Hbond substituents is 1. The second-order valence-corrected chi connectivity index (χ2v) is 3.51. The van der Waals surface area contributed by atoms with E-state index in [-0.39, 0.29) is 5.75 Å². The summed E-state index contributed by atoms with van der Waals surface area (Å²) in [5.74, 6) is 0.112. The number of phenols is 1. The van der Waals surface area contributed by atoms with E-state index >= 15 is 0 Å². The molecular formula is C11H9ClN2O. The molecule has 0 fully saturated rings. The summed E-state index contributed by atoms with van der Waals surface area (Å²) in [5.41, 5.74) is 1.29. The van der Waals surface area contributed by atoms with Crippen molar-refractivity contribution in [1.82, 2.24) is 9.55 Å². The van der Waals surface area contributed by atoms with Crippen molar-refractivity contribution in [3.8, 4) is 5.75 Å². The molecule has 0 amide bonds. The number of aromatic hydroxyl groups is 1. The molecule has 0 saturated heterocycles. The van der Waals surface area contributed by atoms with Gasteiger partial charge >= 0.3 is 0 Å². The molecule has 76 valence electrons. The first-order valence-corrected chi connectivity index (χ1v) is 4.72. The molecule has 0 aliphatic rings. The summed E-state index contributed by atoms with van der Waals surface area (Å²) in [6.07, 6.45) is 5.03. The highest BCUT2D eigenvalue weighted by Crippen LogP contribution is 2.27. The van der Waals surface area contributed by atoms with Gasteiger partial charge in [0.05, 0.1) is 12.0 Å². The number of hydrogen-bond acceptors (Lipinski definition) is 2. The summed E-state index contributed by atoms with van der Waals surface area (Å²) in [5, 5.41) is 10.2. The van der Waals surface area contributed by atoms with Gasteiger partial charge in [0.1, 0.15) is 5.75 Å². The predicted octanol–water partition coefficient (Wildman–Crippen LogP) is 2.76. The van der Waals surface area contributed by atoms with Crippen LogP contribution in [0.15, 0.2) is 43.5 Å². The largest absolute Gasteiger partial charge is 0.507 e. The van der Waals surface area contributed by atoms with Crippen molar-refractivity contribution in [2.45, 2.75) is 0 Å². The molecule has 2 rings (SSSR count). The van der Waals surface area contributed by atoms with Crippen LogP contribution in [0.5, 0.6) is 5.75 Å². The average Bonchev–Trinajstić information content (AvgIpc) is 2.69. The topological polar surface area (TPSA) is 38.0 Å². The molecular weight excluding hydrogens is 212 g/mol. The second-order valence-electron chi connectivity index (χ2n) is 3.08. The third-order valence-electron chi connectivity index (χ3n) is 2.09. The Morgan fingerprint density at radius 1 is 1.47 bits per heavy atom. The van der Waals surface area contributed by atoms with Crippen molar-refractivity contribution in [2.24, 2.45) is 0 Å². The highest BCUT2D eigenvalue weighted by atomic mass is 35.5. The smallest absolute Gasteiger partial charge is 0.126 e. The monoisotopic (exact) mass is 220 g/mol. The van der Waals surface area contributed by atoms with Gasteiger partial charge in [-0.05, 0) is 18.2 Å². The number of nitrogens with zero attached hydrogens (tertiary/aromatic N) is 2. The first kappa shape index (κ1) is 9.80. The molecule has 0 aliphatic heterocycles. The van der Waals surface area contributed by atoms with Crippen molar-refractivity contribution in [2.75, 3.05) is 0 Å². The van der Waals surface area contributed by atoms with Crippen LogP contribution in [-0.2, 0) is 0 Å². The van der Waals surface area contributed by atoms with Crippen LogP contribution in [0.2, 0.25) is 5.02 Å². The lowest BCUT2D eigenvalue weighted by atomic mass is 10.1. The minimum Gasteiger partial charge on any atom is -0.507 e. The Kier molecular flexibility index (Phi) is 2.47. The summed E-state index contributed by atoms with van der Waals surface area (Å²) >= 11 is 5.74. The maximum Gasteiger partial charge on any atom is 0.126 e. The number of benzene rings is 1. The number of hydrogen-bond donors (Lipinski definition) is 1. The zero-order chi connectivity index (χ0) is 10.8.